The molecule has 0 bridgehead atoms. The molecule has 1 aliphatic heterocycles. The fourth-order valence-electron chi connectivity index (χ4n) is 2.90. The van der Waals surface area contributed by atoms with Gasteiger partial charge in [-0.2, -0.15) is 4.98 Å². The van der Waals surface area contributed by atoms with Crippen molar-refractivity contribution in [1.82, 2.24) is 9.97 Å². The van der Waals surface area contributed by atoms with Gasteiger partial charge in [0, 0.05) is 19.3 Å². The van der Waals surface area contributed by atoms with Gasteiger partial charge in [-0.25, -0.2) is 4.98 Å². The molecule has 1 aromatic heterocycles. The van der Waals surface area contributed by atoms with Gasteiger partial charge in [0.05, 0.1) is 5.69 Å². The second-order valence-corrected chi connectivity index (χ2v) is 6.44. The molecule has 1 aromatic rings. The summed E-state index contributed by atoms with van der Waals surface area (Å²) in [5.41, 5.74) is 7.66. The van der Waals surface area contributed by atoms with Gasteiger partial charge in [-0.05, 0) is 44.4 Å². The zero-order chi connectivity index (χ0) is 16.1. The number of rotatable bonds is 3. The lowest BCUT2D eigenvalue weighted by Gasteiger charge is -2.30. The van der Waals surface area contributed by atoms with Gasteiger partial charge in [-0.1, -0.05) is 20.8 Å². The molecule has 0 aliphatic carbocycles. The van der Waals surface area contributed by atoms with Crippen molar-refractivity contribution in [2.45, 2.75) is 53.4 Å². The predicted molar refractivity (Wildman–Crippen MR) is 94.0 cm³/mol. The number of hydrogen-bond acceptors (Lipinski definition) is 5. The van der Waals surface area contributed by atoms with Crippen molar-refractivity contribution in [2.75, 3.05) is 23.7 Å². The van der Waals surface area contributed by atoms with Gasteiger partial charge in [0.1, 0.15) is 5.69 Å². The third-order valence-electron chi connectivity index (χ3n) is 4.67. The minimum atomic E-state index is 0.482. The zero-order valence-electron chi connectivity index (χ0n) is 14.3. The van der Waals surface area contributed by atoms with E-state index in [-0.39, 0.29) is 0 Å². The summed E-state index contributed by atoms with van der Waals surface area (Å²) in [4.78, 5) is 15.8. The Morgan fingerprint density at radius 2 is 1.95 bits per heavy atom. The molecule has 0 amide bonds. The summed E-state index contributed by atoms with van der Waals surface area (Å²) in [5.74, 6) is 2.79. The van der Waals surface area contributed by atoms with Crippen LogP contribution in [0.25, 0.3) is 0 Å². The molecule has 1 saturated heterocycles. The van der Waals surface area contributed by atoms with Crippen molar-refractivity contribution in [3.05, 3.63) is 5.69 Å². The number of aliphatic imine (C=N–C) groups is 1. The van der Waals surface area contributed by atoms with Crippen molar-refractivity contribution in [2.24, 2.45) is 16.8 Å². The Morgan fingerprint density at radius 3 is 2.64 bits per heavy atom. The van der Waals surface area contributed by atoms with E-state index in [9.17, 15) is 0 Å². The molecule has 2 N–H and O–H groups in total. The molecule has 0 aromatic carbocycles. The van der Waals surface area contributed by atoms with Crippen molar-refractivity contribution >= 4 is 23.7 Å². The van der Waals surface area contributed by atoms with Gasteiger partial charge in [0.25, 0.3) is 0 Å². The van der Waals surface area contributed by atoms with Crippen LogP contribution in [-0.2, 0) is 0 Å². The Bertz CT molecular complexity index is 503. The molecule has 0 radical (unpaired) electrons. The summed E-state index contributed by atoms with van der Waals surface area (Å²) in [6.07, 6.45) is 6.36. The van der Waals surface area contributed by atoms with E-state index in [0.717, 1.165) is 43.0 Å². The van der Waals surface area contributed by atoms with Crippen molar-refractivity contribution < 1.29 is 0 Å². The fourth-order valence-corrected chi connectivity index (χ4v) is 2.90. The summed E-state index contributed by atoms with van der Waals surface area (Å²) in [5, 5.41) is 0. The van der Waals surface area contributed by atoms with Crippen LogP contribution in [0.5, 0.6) is 0 Å². The molecule has 5 nitrogen and oxygen atoms in total. The number of nitrogens with zero attached hydrogens (tertiary/aromatic N) is 4. The SMILES string of the molecule is CC/C=N\c1c(C)nc(N2CCCC(C)C(C)CC2)nc1N. The van der Waals surface area contributed by atoms with Crippen molar-refractivity contribution in [3.8, 4) is 0 Å². The maximum absolute atomic E-state index is 6.10. The number of aryl methyl sites for hydroxylation is 1. The summed E-state index contributed by atoms with van der Waals surface area (Å²) < 4.78 is 0. The molecule has 2 rings (SSSR count). The van der Waals surface area contributed by atoms with Crippen LogP contribution in [0.1, 0.15) is 52.1 Å². The smallest absolute Gasteiger partial charge is 0.227 e. The first-order valence-electron chi connectivity index (χ1n) is 8.44. The standard InChI is InChI=1S/C17H29N5/c1-5-9-19-15-14(4)20-17(21-16(15)18)22-10-6-7-12(2)13(3)8-11-22/h9,12-13H,5-8,10-11H2,1-4H3,(H2,18,20,21)/b19-9-. The summed E-state index contributed by atoms with van der Waals surface area (Å²) >= 11 is 0. The molecular weight excluding hydrogens is 274 g/mol. The van der Waals surface area contributed by atoms with Crippen LogP contribution in [0.3, 0.4) is 0 Å². The van der Waals surface area contributed by atoms with Crippen LogP contribution in [-0.4, -0.2) is 29.3 Å². The van der Waals surface area contributed by atoms with Crippen LogP contribution in [0.15, 0.2) is 4.99 Å². The van der Waals surface area contributed by atoms with Crippen molar-refractivity contribution in [3.63, 3.8) is 0 Å². The number of hydrogen-bond donors (Lipinski definition) is 1. The predicted octanol–water partition coefficient (Wildman–Crippen LogP) is 3.74. The molecule has 22 heavy (non-hydrogen) atoms. The van der Waals surface area contributed by atoms with Crippen LogP contribution >= 0.6 is 0 Å². The number of aromatic nitrogens is 2. The molecule has 0 saturated carbocycles. The van der Waals surface area contributed by atoms with Crippen LogP contribution < -0.4 is 10.6 Å². The molecule has 2 atom stereocenters. The topological polar surface area (TPSA) is 67.4 Å². The van der Waals surface area contributed by atoms with Crippen molar-refractivity contribution in [1.29, 1.82) is 0 Å². The number of nitrogens with two attached hydrogens (primary N) is 1. The highest BCUT2D eigenvalue weighted by Crippen LogP contribution is 2.28. The minimum absolute atomic E-state index is 0.482. The normalized spacial score (nSPS) is 23.5. The number of anilines is 2. The van der Waals surface area contributed by atoms with E-state index >= 15 is 0 Å². The molecule has 2 unspecified atom stereocenters. The highest BCUT2D eigenvalue weighted by atomic mass is 15.3. The van der Waals surface area contributed by atoms with Crippen LogP contribution in [0, 0.1) is 18.8 Å². The second-order valence-electron chi connectivity index (χ2n) is 6.44. The largest absolute Gasteiger partial charge is 0.382 e. The summed E-state index contributed by atoms with van der Waals surface area (Å²) in [6, 6.07) is 0. The molecule has 122 valence electrons. The first kappa shape index (κ1) is 16.7. The average Bonchev–Trinajstić information content (AvgIpc) is 2.47. The van der Waals surface area contributed by atoms with Gasteiger partial charge in [-0.15, -0.1) is 0 Å². The van der Waals surface area contributed by atoms with E-state index in [2.05, 4.69) is 33.7 Å². The van der Waals surface area contributed by atoms with Gasteiger partial charge in [0.2, 0.25) is 5.95 Å². The molecule has 2 heterocycles. The Kier molecular flexibility index (Phi) is 5.75. The first-order chi connectivity index (χ1) is 10.5. The van der Waals surface area contributed by atoms with Gasteiger partial charge in [0.15, 0.2) is 5.82 Å². The van der Waals surface area contributed by atoms with Crippen LogP contribution in [0.4, 0.5) is 17.5 Å². The van der Waals surface area contributed by atoms with Gasteiger partial charge >= 0.3 is 0 Å². The van der Waals surface area contributed by atoms with E-state index in [0.29, 0.717) is 11.5 Å². The zero-order valence-corrected chi connectivity index (χ0v) is 14.3. The molecule has 0 spiro atoms. The molecule has 1 fully saturated rings. The van der Waals surface area contributed by atoms with E-state index in [1.165, 1.54) is 19.3 Å². The maximum Gasteiger partial charge on any atom is 0.227 e. The number of nitrogen functional groups attached to an aromatic ring is 1. The highest BCUT2D eigenvalue weighted by Gasteiger charge is 2.20. The lowest BCUT2D eigenvalue weighted by Crippen LogP contribution is -2.32. The molecule has 5 heteroatoms. The Morgan fingerprint density at radius 1 is 1.23 bits per heavy atom. The minimum Gasteiger partial charge on any atom is -0.382 e. The highest BCUT2D eigenvalue weighted by molar-refractivity contribution is 5.70. The van der Waals surface area contributed by atoms with E-state index in [1.807, 2.05) is 20.1 Å². The fraction of sp³-hybridized carbons (Fsp3) is 0.706. The lowest BCUT2D eigenvalue weighted by molar-refractivity contribution is 0.321. The second kappa shape index (κ2) is 7.56. The first-order valence-corrected chi connectivity index (χ1v) is 8.44. The summed E-state index contributed by atoms with van der Waals surface area (Å²) in [6.45, 7) is 10.7. The van der Waals surface area contributed by atoms with E-state index in [4.69, 9.17) is 5.73 Å². The monoisotopic (exact) mass is 303 g/mol. The quantitative estimate of drug-likeness (QED) is 0.864. The molecular formula is C17H29N5. The average molecular weight is 303 g/mol. The van der Waals surface area contributed by atoms with E-state index in [1.54, 1.807) is 0 Å². The Balaban J connectivity index is 2.19. The van der Waals surface area contributed by atoms with Gasteiger partial charge < -0.3 is 10.6 Å². The third kappa shape index (κ3) is 3.96. The van der Waals surface area contributed by atoms with Crippen LogP contribution in [0.2, 0.25) is 0 Å². The van der Waals surface area contributed by atoms with Gasteiger partial charge in [-0.3, -0.25) is 4.99 Å². The summed E-state index contributed by atoms with van der Waals surface area (Å²) in [7, 11) is 0. The Hall–Kier alpha value is -1.65. The molecule has 1 aliphatic rings. The van der Waals surface area contributed by atoms with E-state index < -0.39 is 0 Å². The maximum atomic E-state index is 6.10. The lowest BCUT2D eigenvalue weighted by atomic mass is 9.87. The third-order valence-corrected chi connectivity index (χ3v) is 4.67. The Labute approximate surface area is 134 Å².